The Balaban J connectivity index is 1.63. The van der Waals surface area contributed by atoms with Crippen molar-refractivity contribution in [1.29, 1.82) is 0 Å². The monoisotopic (exact) mass is 389 g/mol. The third kappa shape index (κ3) is 5.05. The highest BCUT2D eigenvalue weighted by Crippen LogP contribution is 2.26. The van der Waals surface area contributed by atoms with Gasteiger partial charge in [-0.2, -0.15) is 0 Å². The summed E-state index contributed by atoms with van der Waals surface area (Å²) in [4.78, 5) is 17.1. The van der Waals surface area contributed by atoms with Gasteiger partial charge >= 0.3 is 0 Å². The molecule has 0 radical (unpaired) electrons. The summed E-state index contributed by atoms with van der Waals surface area (Å²) in [5.74, 6) is 0.904. The molecule has 1 aromatic carbocycles. The number of nitrogens with zero attached hydrogens (tertiary/aromatic N) is 2. The van der Waals surface area contributed by atoms with Crippen molar-refractivity contribution < 1.29 is 14.3 Å². The van der Waals surface area contributed by atoms with Gasteiger partial charge in [0.2, 0.25) is 5.91 Å². The number of hydrogen-bond acceptors (Lipinski definition) is 5. The van der Waals surface area contributed by atoms with Crippen LogP contribution in [-0.4, -0.2) is 40.5 Å². The normalized spacial score (nSPS) is 16.5. The lowest BCUT2D eigenvalue weighted by molar-refractivity contribution is -0.113. The maximum Gasteiger partial charge on any atom is 0.234 e. The van der Waals surface area contributed by atoms with Gasteiger partial charge in [-0.25, -0.2) is 4.98 Å². The van der Waals surface area contributed by atoms with Crippen LogP contribution in [0.15, 0.2) is 29.4 Å². The van der Waals surface area contributed by atoms with E-state index in [1.54, 1.807) is 0 Å². The summed E-state index contributed by atoms with van der Waals surface area (Å²) in [6.45, 7) is 8.18. The lowest BCUT2D eigenvalue weighted by Crippen LogP contribution is -2.18. The van der Waals surface area contributed by atoms with E-state index in [4.69, 9.17) is 9.47 Å². The zero-order valence-electron chi connectivity index (χ0n) is 16.2. The predicted octanol–water partition coefficient (Wildman–Crippen LogP) is 3.81. The summed E-state index contributed by atoms with van der Waals surface area (Å²) in [7, 11) is 0. The molecule has 6 nitrogen and oxygen atoms in total. The van der Waals surface area contributed by atoms with Crippen LogP contribution in [0.5, 0.6) is 5.75 Å². The van der Waals surface area contributed by atoms with E-state index < -0.39 is 0 Å². The Kier molecular flexibility index (Phi) is 6.79. The molecular weight excluding hydrogens is 362 g/mol. The number of aryl methyl sites for hydroxylation is 1. The molecule has 1 fully saturated rings. The molecule has 1 unspecified atom stereocenters. The van der Waals surface area contributed by atoms with E-state index in [9.17, 15) is 4.79 Å². The molecule has 146 valence electrons. The highest BCUT2D eigenvalue weighted by molar-refractivity contribution is 7.99. The molecule has 1 atom stereocenters. The van der Waals surface area contributed by atoms with Crippen molar-refractivity contribution in [3.05, 3.63) is 35.7 Å². The molecule has 1 aromatic heterocycles. The van der Waals surface area contributed by atoms with Gasteiger partial charge in [-0.3, -0.25) is 4.79 Å². The van der Waals surface area contributed by atoms with E-state index in [1.165, 1.54) is 11.8 Å². The summed E-state index contributed by atoms with van der Waals surface area (Å²) < 4.78 is 13.5. The molecular formula is C20H27N3O3S. The van der Waals surface area contributed by atoms with Crippen LogP contribution in [0.25, 0.3) is 0 Å². The summed E-state index contributed by atoms with van der Waals surface area (Å²) in [6, 6.07) is 7.47. The average molecular weight is 390 g/mol. The third-order valence-electron chi connectivity index (χ3n) is 4.63. The van der Waals surface area contributed by atoms with Crippen LogP contribution in [0.2, 0.25) is 0 Å². The van der Waals surface area contributed by atoms with Crippen molar-refractivity contribution in [2.24, 2.45) is 0 Å². The number of rotatable bonds is 8. The fourth-order valence-corrected chi connectivity index (χ4v) is 4.01. The highest BCUT2D eigenvalue weighted by atomic mass is 32.2. The van der Waals surface area contributed by atoms with Crippen molar-refractivity contribution >= 4 is 23.4 Å². The zero-order valence-corrected chi connectivity index (χ0v) is 17.0. The average Bonchev–Trinajstić information content (AvgIpc) is 3.26. The Morgan fingerprint density at radius 3 is 2.96 bits per heavy atom. The largest absolute Gasteiger partial charge is 0.492 e. The first-order valence-electron chi connectivity index (χ1n) is 9.38. The first-order chi connectivity index (χ1) is 13.1. The van der Waals surface area contributed by atoms with Crippen molar-refractivity contribution in [3.8, 4) is 5.75 Å². The first kappa shape index (κ1) is 19.8. The Bertz CT molecular complexity index is 785. The summed E-state index contributed by atoms with van der Waals surface area (Å²) in [6.07, 6.45) is 2.43. The maximum atomic E-state index is 12.4. The Morgan fingerprint density at radius 2 is 2.22 bits per heavy atom. The lowest BCUT2D eigenvalue weighted by Gasteiger charge is -2.15. The standard InChI is InChI=1S/C20H27N3O3S/c1-4-25-18-10-6-5-9-17(18)22-19(24)13-27-20-21-14(2)15(3)23(20)12-16-8-7-11-26-16/h5-6,9-10,16H,4,7-8,11-13H2,1-3H3,(H,22,24). The van der Waals surface area contributed by atoms with Crippen LogP contribution in [0.1, 0.15) is 31.2 Å². The molecule has 0 bridgehead atoms. The molecule has 1 N–H and O–H groups in total. The van der Waals surface area contributed by atoms with Crippen LogP contribution in [0.4, 0.5) is 5.69 Å². The SMILES string of the molecule is CCOc1ccccc1NC(=O)CSc1nc(C)c(C)n1CC1CCCO1. The van der Waals surface area contributed by atoms with Gasteiger partial charge in [0, 0.05) is 12.3 Å². The number of anilines is 1. The van der Waals surface area contributed by atoms with E-state index in [1.807, 2.05) is 38.1 Å². The molecule has 3 rings (SSSR count). The number of carbonyl (C=O) groups is 1. The lowest BCUT2D eigenvalue weighted by atomic mass is 10.2. The van der Waals surface area contributed by atoms with Gasteiger partial charge in [-0.05, 0) is 45.7 Å². The van der Waals surface area contributed by atoms with Crippen LogP contribution < -0.4 is 10.1 Å². The van der Waals surface area contributed by atoms with E-state index in [0.717, 1.165) is 42.5 Å². The Morgan fingerprint density at radius 1 is 1.41 bits per heavy atom. The summed E-state index contributed by atoms with van der Waals surface area (Å²) in [5.41, 5.74) is 2.83. The van der Waals surface area contributed by atoms with Crippen LogP contribution in [0.3, 0.4) is 0 Å². The van der Waals surface area contributed by atoms with Crippen molar-refractivity contribution in [3.63, 3.8) is 0 Å². The molecule has 0 aliphatic carbocycles. The van der Waals surface area contributed by atoms with Gasteiger partial charge in [-0.1, -0.05) is 23.9 Å². The summed E-state index contributed by atoms with van der Waals surface area (Å²) >= 11 is 1.46. The smallest absolute Gasteiger partial charge is 0.234 e. The minimum absolute atomic E-state index is 0.0749. The van der Waals surface area contributed by atoms with Crippen LogP contribution >= 0.6 is 11.8 Å². The number of aromatic nitrogens is 2. The quantitative estimate of drug-likeness (QED) is 0.696. The topological polar surface area (TPSA) is 65.4 Å². The van der Waals surface area contributed by atoms with E-state index >= 15 is 0 Å². The van der Waals surface area contributed by atoms with Gasteiger partial charge in [0.25, 0.3) is 0 Å². The van der Waals surface area contributed by atoms with E-state index in [-0.39, 0.29) is 12.0 Å². The molecule has 0 saturated carbocycles. The van der Waals surface area contributed by atoms with Crippen LogP contribution in [-0.2, 0) is 16.1 Å². The minimum atomic E-state index is -0.0749. The number of carbonyl (C=O) groups excluding carboxylic acids is 1. The minimum Gasteiger partial charge on any atom is -0.492 e. The highest BCUT2D eigenvalue weighted by Gasteiger charge is 2.21. The number of ether oxygens (including phenoxy) is 2. The third-order valence-corrected chi connectivity index (χ3v) is 5.60. The number of benzene rings is 1. The number of thioether (sulfide) groups is 1. The molecule has 1 aliphatic heterocycles. The van der Waals surface area contributed by atoms with Crippen molar-refractivity contribution in [2.45, 2.75) is 51.4 Å². The second-order valence-electron chi connectivity index (χ2n) is 6.58. The zero-order chi connectivity index (χ0) is 19.2. The van der Waals surface area contributed by atoms with Crippen molar-refractivity contribution in [2.75, 3.05) is 24.3 Å². The van der Waals surface area contributed by atoms with Gasteiger partial charge in [0.05, 0.1) is 36.4 Å². The molecule has 1 amide bonds. The van der Waals surface area contributed by atoms with Gasteiger partial charge in [-0.15, -0.1) is 0 Å². The van der Waals surface area contributed by atoms with Crippen molar-refractivity contribution in [1.82, 2.24) is 9.55 Å². The number of hydrogen-bond donors (Lipinski definition) is 1. The molecule has 7 heteroatoms. The Hall–Kier alpha value is -1.99. The predicted molar refractivity (Wildman–Crippen MR) is 108 cm³/mol. The van der Waals surface area contributed by atoms with Gasteiger partial charge < -0.3 is 19.4 Å². The molecule has 1 aliphatic rings. The molecule has 2 aromatic rings. The van der Waals surface area contributed by atoms with Gasteiger partial charge in [0.15, 0.2) is 5.16 Å². The second kappa shape index (κ2) is 9.28. The number of amides is 1. The second-order valence-corrected chi connectivity index (χ2v) is 7.52. The fourth-order valence-electron chi connectivity index (χ4n) is 3.11. The van der Waals surface area contributed by atoms with Gasteiger partial charge in [0.1, 0.15) is 5.75 Å². The molecule has 1 saturated heterocycles. The van der Waals surface area contributed by atoms with Crippen LogP contribution in [0, 0.1) is 13.8 Å². The fraction of sp³-hybridized carbons (Fsp3) is 0.500. The van der Waals surface area contributed by atoms with E-state index in [2.05, 4.69) is 21.8 Å². The number of para-hydroxylation sites is 2. The molecule has 27 heavy (non-hydrogen) atoms. The number of imidazole rings is 1. The maximum absolute atomic E-state index is 12.4. The Labute approximate surface area is 164 Å². The molecule has 2 heterocycles. The number of nitrogens with one attached hydrogen (secondary N) is 1. The first-order valence-corrected chi connectivity index (χ1v) is 10.4. The molecule has 0 spiro atoms. The summed E-state index contributed by atoms with van der Waals surface area (Å²) in [5, 5.41) is 3.80. The van der Waals surface area contributed by atoms with E-state index in [0.29, 0.717) is 23.8 Å².